The summed E-state index contributed by atoms with van der Waals surface area (Å²) in [6.45, 7) is 4.36. The van der Waals surface area contributed by atoms with Crippen LogP contribution in [0.1, 0.15) is 44.8 Å². The predicted molar refractivity (Wildman–Crippen MR) is 93.4 cm³/mol. The highest BCUT2D eigenvalue weighted by atomic mass is 19.4. The maximum Gasteiger partial charge on any atom is 0.471 e. The second-order valence-electron chi connectivity index (χ2n) is 7.77. The normalized spacial score (nSPS) is 17.8. The summed E-state index contributed by atoms with van der Waals surface area (Å²) in [7, 11) is 0. The first-order chi connectivity index (χ1) is 12.5. The van der Waals surface area contributed by atoms with Gasteiger partial charge >= 0.3 is 12.1 Å². The monoisotopic (exact) mass is 390 g/mol. The lowest BCUT2D eigenvalue weighted by Crippen LogP contribution is -2.48. The topological polar surface area (TPSA) is 52.6 Å². The first-order valence-corrected chi connectivity index (χ1v) is 9.02. The summed E-state index contributed by atoms with van der Waals surface area (Å²) in [5.74, 6) is -1.99. The van der Waals surface area contributed by atoms with Crippen LogP contribution in [-0.2, 0) is 4.79 Å². The number of likely N-dealkylation sites (tertiary alicyclic amines) is 1. The number of benzene rings is 1. The second-order valence-corrected chi connectivity index (χ2v) is 7.77. The summed E-state index contributed by atoms with van der Waals surface area (Å²) in [6, 6.07) is 5.78. The van der Waals surface area contributed by atoms with Crippen molar-refractivity contribution in [3.63, 3.8) is 0 Å². The van der Waals surface area contributed by atoms with E-state index in [4.69, 9.17) is 0 Å². The first kappa shape index (κ1) is 21.6. The van der Waals surface area contributed by atoms with Crippen LogP contribution < -0.4 is 5.32 Å². The number of aliphatic hydroxyl groups is 1. The molecule has 0 aliphatic carbocycles. The van der Waals surface area contributed by atoms with Crippen molar-refractivity contribution in [2.24, 2.45) is 5.92 Å². The molecule has 152 valence electrons. The lowest BCUT2D eigenvalue weighted by molar-refractivity contribution is -0.186. The minimum absolute atomic E-state index is 0.102. The Morgan fingerprint density at radius 2 is 1.93 bits per heavy atom. The number of carbonyl (C=O) groups is 1. The highest BCUT2D eigenvalue weighted by Crippen LogP contribution is 2.29. The molecule has 0 aromatic heterocycles. The van der Waals surface area contributed by atoms with Gasteiger partial charge in [-0.25, -0.2) is 4.39 Å². The van der Waals surface area contributed by atoms with E-state index in [1.165, 1.54) is 18.2 Å². The number of rotatable bonds is 6. The van der Waals surface area contributed by atoms with Gasteiger partial charge in [0.1, 0.15) is 5.82 Å². The Balaban J connectivity index is 1.80. The Kier molecular flexibility index (Phi) is 6.86. The Morgan fingerprint density at radius 1 is 1.30 bits per heavy atom. The number of alkyl halides is 3. The van der Waals surface area contributed by atoms with Crippen molar-refractivity contribution in [1.29, 1.82) is 0 Å². The van der Waals surface area contributed by atoms with E-state index in [9.17, 15) is 27.5 Å². The number of nitrogens with one attached hydrogen (secondary N) is 1. The molecule has 0 unspecified atom stereocenters. The van der Waals surface area contributed by atoms with Crippen molar-refractivity contribution in [2.45, 2.75) is 50.9 Å². The molecule has 1 fully saturated rings. The number of nitrogens with zero attached hydrogens (tertiary/aromatic N) is 1. The largest absolute Gasteiger partial charge is 0.471 e. The van der Waals surface area contributed by atoms with E-state index < -0.39 is 24.0 Å². The Bertz CT molecular complexity index is 641. The Labute approximate surface area is 156 Å². The minimum atomic E-state index is -4.82. The number of piperidine rings is 1. The number of hydrogen-bond donors (Lipinski definition) is 2. The third-order valence-corrected chi connectivity index (χ3v) is 4.95. The van der Waals surface area contributed by atoms with Crippen LogP contribution in [0.4, 0.5) is 17.6 Å². The number of carbonyl (C=O) groups excluding carboxylic acids is 1. The highest BCUT2D eigenvalue weighted by molar-refractivity contribution is 5.81. The maximum absolute atomic E-state index is 13.2. The Hall–Kier alpha value is -1.67. The molecule has 1 aliphatic rings. The van der Waals surface area contributed by atoms with Crippen LogP contribution >= 0.6 is 0 Å². The smallest absolute Gasteiger partial charge is 0.387 e. The highest BCUT2D eigenvalue weighted by Gasteiger charge is 2.43. The van der Waals surface area contributed by atoms with Gasteiger partial charge in [-0.2, -0.15) is 13.2 Å². The van der Waals surface area contributed by atoms with Crippen LogP contribution in [0.2, 0.25) is 0 Å². The second kappa shape index (κ2) is 8.56. The molecule has 0 spiro atoms. The molecule has 1 aromatic rings. The van der Waals surface area contributed by atoms with Crippen molar-refractivity contribution in [3.05, 3.63) is 35.6 Å². The molecule has 2 N–H and O–H groups in total. The predicted octanol–water partition coefficient (Wildman–Crippen LogP) is 3.42. The fourth-order valence-electron chi connectivity index (χ4n) is 3.52. The molecule has 2 rings (SSSR count). The zero-order valence-electron chi connectivity index (χ0n) is 15.5. The third kappa shape index (κ3) is 6.46. The number of β-amino-alcohol motifs (C(OH)–C–C–N with tert-alkyl or cyclic N) is 1. The van der Waals surface area contributed by atoms with Gasteiger partial charge in [-0.1, -0.05) is 12.1 Å². The van der Waals surface area contributed by atoms with Crippen molar-refractivity contribution in [3.8, 4) is 0 Å². The molecular weight excluding hydrogens is 364 g/mol. The zero-order chi connectivity index (χ0) is 20.2. The quantitative estimate of drug-likeness (QED) is 0.732. The zero-order valence-corrected chi connectivity index (χ0v) is 15.5. The van der Waals surface area contributed by atoms with Gasteiger partial charge in [0.2, 0.25) is 0 Å². The standard InChI is InChI=1S/C19H26F4N2O2/c1-18(2,24-12-16(26)14-4-3-5-15(20)10-14)11-13-6-8-25(9-7-13)17(27)19(21,22)23/h3-5,10,13,16,24,26H,6-9,11-12H2,1-2H3/t16-/m0/s1. The van der Waals surface area contributed by atoms with Gasteiger partial charge in [-0.3, -0.25) is 4.79 Å². The van der Waals surface area contributed by atoms with Gasteiger partial charge in [0.05, 0.1) is 6.10 Å². The van der Waals surface area contributed by atoms with Gasteiger partial charge < -0.3 is 15.3 Å². The molecule has 1 atom stereocenters. The molecular formula is C19H26F4N2O2. The molecule has 1 saturated heterocycles. The van der Waals surface area contributed by atoms with Gasteiger partial charge in [-0.05, 0) is 56.7 Å². The number of hydrogen-bond acceptors (Lipinski definition) is 3. The van der Waals surface area contributed by atoms with Gasteiger partial charge in [0, 0.05) is 25.2 Å². The van der Waals surface area contributed by atoms with E-state index in [1.807, 2.05) is 13.8 Å². The van der Waals surface area contributed by atoms with Crippen LogP contribution in [0.5, 0.6) is 0 Å². The number of amides is 1. The molecule has 0 saturated carbocycles. The van der Waals surface area contributed by atoms with Crippen molar-refractivity contribution in [1.82, 2.24) is 10.2 Å². The van der Waals surface area contributed by atoms with E-state index in [0.717, 1.165) is 4.90 Å². The number of halogens is 4. The Morgan fingerprint density at radius 3 is 2.48 bits per heavy atom. The van der Waals surface area contributed by atoms with Crippen LogP contribution in [-0.4, -0.2) is 47.3 Å². The minimum Gasteiger partial charge on any atom is -0.387 e. The molecule has 8 heteroatoms. The molecule has 27 heavy (non-hydrogen) atoms. The fraction of sp³-hybridized carbons (Fsp3) is 0.632. The van der Waals surface area contributed by atoms with Crippen molar-refractivity contribution < 1.29 is 27.5 Å². The maximum atomic E-state index is 13.2. The van der Waals surface area contributed by atoms with Gasteiger partial charge in [-0.15, -0.1) is 0 Å². The molecule has 4 nitrogen and oxygen atoms in total. The summed E-state index contributed by atoms with van der Waals surface area (Å²) >= 11 is 0. The van der Waals surface area contributed by atoms with Gasteiger partial charge in [0.25, 0.3) is 0 Å². The van der Waals surface area contributed by atoms with Crippen LogP contribution in [0.15, 0.2) is 24.3 Å². The number of aliphatic hydroxyl groups excluding tert-OH is 1. The van der Waals surface area contributed by atoms with Crippen LogP contribution in [0, 0.1) is 11.7 Å². The first-order valence-electron chi connectivity index (χ1n) is 9.02. The lowest BCUT2D eigenvalue weighted by Gasteiger charge is -2.37. The summed E-state index contributed by atoms with van der Waals surface area (Å²) < 4.78 is 50.7. The van der Waals surface area contributed by atoms with E-state index in [0.29, 0.717) is 24.8 Å². The molecule has 1 amide bonds. The average Bonchev–Trinajstić information content (AvgIpc) is 2.58. The third-order valence-electron chi connectivity index (χ3n) is 4.95. The summed E-state index contributed by atoms with van der Waals surface area (Å²) in [6.07, 6.45) is -3.94. The van der Waals surface area contributed by atoms with E-state index in [1.54, 1.807) is 6.07 Å². The lowest BCUT2D eigenvalue weighted by atomic mass is 9.84. The molecule has 1 heterocycles. The summed E-state index contributed by atoms with van der Waals surface area (Å²) in [5, 5.41) is 13.5. The van der Waals surface area contributed by atoms with Crippen LogP contribution in [0.25, 0.3) is 0 Å². The van der Waals surface area contributed by atoms with E-state index in [-0.39, 0.29) is 31.1 Å². The summed E-state index contributed by atoms with van der Waals surface area (Å²) in [4.78, 5) is 12.1. The van der Waals surface area contributed by atoms with E-state index >= 15 is 0 Å². The van der Waals surface area contributed by atoms with Crippen LogP contribution in [0.3, 0.4) is 0 Å². The van der Waals surface area contributed by atoms with Crippen molar-refractivity contribution >= 4 is 5.91 Å². The molecule has 0 bridgehead atoms. The van der Waals surface area contributed by atoms with Crippen molar-refractivity contribution in [2.75, 3.05) is 19.6 Å². The van der Waals surface area contributed by atoms with E-state index in [2.05, 4.69) is 5.32 Å². The van der Waals surface area contributed by atoms with Gasteiger partial charge in [0.15, 0.2) is 0 Å². The molecule has 1 aliphatic heterocycles. The molecule has 1 aromatic carbocycles. The molecule has 0 radical (unpaired) electrons. The SMILES string of the molecule is CC(C)(CC1CCN(C(=O)C(F)(F)F)CC1)NC[C@H](O)c1cccc(F)c1. The fourth-order valence-corrected chi connectivity index (χ4v) is 3.52. The summed E-state index contributed by atoms with van der Waals surface area (Å²) in [5.41, 5.74) is 0.132. The average molecular weight is 390 g/mol.